The number of carboxylic acids is 1. The molecule has 0 aliphatic rings. The molecule has 0 fully saturated rings. The molecule has 0 spiro atoms. The number of carbonyl (C=O) groups excluding carboxylic acids is 1. The molecule has 0 aliphatic carbocycles. The topological polar surface area (TPSA) is 54.4 Å². The molecule has 0 unspecified atom stereocenters. The Labute approximate surface area is 65.6 Å². The first-order valence-electron chi connectivity index (χ1n) is 2.16. The van der Waals surface area contributed by atoms with Gasteiger partial charge < -0.3 is 5.11 Å². The summed E-state index contributed by atoms with van der Waals surface area (Å²) >= 11 is 0. The summed E-state index contributed by atoms with van der Waals surface area (Å²) in [5.41, 5.74) is 0. The maximum Gasteiger partial charge on any atom is 0.450 e. The highest BCUT2D eigenvalue weighted by molar-refractivity contribution is 5.97. The number of halogens is 4. The van der Waals surface area contributed by atoms with E-state index >= 15 is 0 Å². The summed E-state index contributed by atoms with van der Waals surface area (Å²) in [6, 6.07) is 0. The van der Waals surface area contributed by atoms with Gasteiger partial charge in [0, 0.05) is 0 Å². The number of ketones is 1. The molecular weight excluding hydrogens is 188 g/mol. The van der Waals surface area contributed by atoms with Crippen molar-refractivity contribution in [2.45, 2.75) is 12.6 Å². The Bertz CT molecular complexity index is 164. The monoisotopic (exact) mass is 192 g/mol. The van der Waals surface area contributed by atoms with Crippen molar-refractivity contribution in [3.63, 3.8) is 0 Å². The van der Waals surface area contributed by atoms with E-state index in [1.54, 1.807) is 0 Å². The molecule has 0 atom stereocenters. The Kier molecular flexibility index (Phi) is 4.88. The Morgan fingerprint density at radius 2 is 1.64 bits per heavy atom. The van der Waals surface area contributed by atoms with E-state index in [4.69, 9.17) is 5.11 Å². The molecule has 1 N–H and O–H groups in total. The summed E-state index contributed by atoms with van der Waals surface area (Å²) in [5.74, 6) is -4.01. The normalized spacial score (nSPS) is 10.1. The van der Waals surface area contributed by atoms with Gasteiger partial charge in [-0.25, -0.2) is 0 Å². The zero-order chi connectivity index (χ0) is 8.36. The zero-order valence-electron chi connectivity index (χ0n) is 5.01. The fourth-order valence-electron chi connectivity index (χ4n) is 0.238. The molecule has 11 heavy (non-hydrogen) atoms. The average Bonchev–Trinajstić information content (AvgIpc) is 1.60. The van der Waals surface area contributed by atoms with Gasteiger partial charge in [0.15, 0.2) is 0 Å². The molecule has 0 aliphatic heterocycles. The third-order valence-electron chi connectivity index (χ3n) is 0.628. The maximum absolute atomic E-state index is 11.2. The number of hydrogen-bond acceptors (Lipinski definition) is 2. The van der Waals surface area contributed by atoms with Crippen molar-refractivity contribution in [3.8, 4) is 0 Å². The molecule has 0 radical (unpaired) electrons. The van der Waals surface area contributed by atoms with Gasteiger partial charge in [0.1, 0.15) is 6.42 Å². The lowest BCUT2D eigenvalue weighted by molar-refractivity contribution is -0.173. The zero-order valence-corrected chi connectivity index (χ0v) is 5.83. The summed E-state index contributed by atoms with van der Waals surface area (Å²) in [7, 11) is 0. The quantitative estimate of drug-likeness (QED) is 0.665. The van der Waals surface area contributed by atoms with Crippen molar-refractivity contribution in [1.82, 2.24) is 0 Å². The molecule has 66 valence electrons. The second kappa shape index (κ2) is 4.17. The average molecular weight is 193 g/mol. The number of Topliss-reactive ketones (excluding diaryl/α,β-unsaturated/α-hetero) is 1. The summed E-state index contributed by atoms with van der Waals surface area (Å²) < 4.78 is 33.6. The smallest absolute Gasteiger partial charge is 0.450 e. The van der Waals surface area contributed by atoms with Crippen LogP contribution in [0.25, 0.3) is 0 Å². The van der Waals surface area contributed by atoms with Gasteiger partial charge in [-0.3, -0.25) is 9.59 Å². The molecular formula is C4H4ClF3O3. The summed E-state index contributed by atoms with van der Waals surface area (Å²) in [5, 5.41) is 7.73. The van der Waals surface area contributed by atoms with Crippen LogP contribution in [0.2, 0.25) is 0 Å². The summed E-state index contributed by atoms with van der Waals surface area (Å²) in [6.07, 6.45) is -6.53. The Morgan fingerprint density at radius 1 is 1.27 bits per heavy atom. The fraction of sp³-hybridized carbons (Fsp3) is 0.500. The number of aliphatic carboxylic acids is 1. The maximum atomic E-state index is 11.2. The predicted molar refractivity (Wildman–Crippen MR) is 30.6 cm³/mol. The van der Waals surface area contributed by atoms with Crippen LogP contribution in [0.15, 0.2) is 0 Å². The van der Waals surface area contributed by atoms with Crippen molar-refractivity contribution in [1.29, 1.82) is 0 Å². The molecule has 0 aromatic heterocycles. The number of carboxylic acid groups (broad SMARTS) is 1. The Balaban J connectivity index is 0. The molecule has 0 heterocycles. The molecule has 0 saturated heterocycles. The Morgan fingerprint density at radius 3 is 1.73 bits per heavy atom. The molecule has 3 nitrogen and oxygen atoms in total. The van der Waals surface area contributed by atoms with Crippen molar-refractivity contribution in [2.75, 3.05) is 0 Å². The van der Waals surface area contributed by atoms with E-state index < -0.39 is 24.3 Å². The fourth-order valence-corrected chi connectivity index (χ4v) is 0.238. The molecule has 7 heteroatoms. The van der Waals surface area contributed by atoms with Crippen molar-refractivity contribution < 1.29 is 27.9 Å². The van der Waals surface area contributed by atoms with Crippen LogP contribution in [-0.4, -0.2) is 23.0 Å². The van der Waals surface area contributed by atoms with Crippen LogP contribution in [0.5, 0.6) is 0 Å². The van der Waals surface area contributed by atoms with Gasteiger partial charge in [0.05, 0.1) is 0 Å². The van der Waals surface area contributed by atoms with Gasteiger partial charge in [0.2, 0.25) is 5.78 Å². The van der Waals surface area contributed by atoms with E-state index in [9.17, 15) is 22.8 Å². The first kappa shape index (κ1) is 12.9. The largest absolute Gasteiger partial charge is 0.481 e. The van der Waals surface area contributed by atoms with Crippen LogP contribution < -0.4 is 0 Å². The molecule has 0 aromatic carbocycles. The van der Waals surface area contributed by atoms with Crippen molar-refractivity contribution >= 4 is 24.2 Å². The highest BCUT2D eigenvalue weighted by Crippen LogP contribution is 2.17. The van der Waals surface area contributed by atoms with Gasteiger partial charge >= 0.3 is 12.1 Å². The van der Waals surface area contributed by atoms with E-state index in [1.165, 1.54) is 0 Å². The first-order chi connectivity index (χ1) is 4.34. The highest BCUT2D eigenvalue weighted by atomic mass is 35.5. The highest BCUT2D eigenvalue weighted by Gasteiger charge is 2.39. The summed E-state index contributed by atoms with van der Waals surface area (Å²) in [4.78, 5) is 19.3. The molecule has 0 rings (SSSR count). The minimum absolute atomic E-state index is 0. The van der Waals surface area contributed by atoms with Crippen LogP contribution in [0.4, 0.5) is 13.2 Å². The molecule has 0 saturated carbocycles. The second-order valence-electron chi connectivity index (χ2n) is 1.49. The number of carbonyl (C=O) groups is 2. The lowest BCUT2D eigenvalue weighted by Gasteiger charge is -2.00. The lowest BCUT2D eigenvalue weighted by atomic mass is 10.3. The van der Waals surface area contributed by atoms with Gasteiger partial charge in [-0.05, 0) is 0 Å². The van der Waals surface area contributed by atoms with Gasteiger partial charge in [-0.15, -0.1) is 12.4 Å². The van der Waals surface area contributed by atoms with Crippen molar-refractivity contribution in [3.05, 3.63) is 0 Å². The summed E-state index contributed by atoms with van der Waals surface area (Å²) in [6.45, 7) is 0. The lowest BCUT2D eigenvalue weighted by Crippen LogP contribution is -2.24. The third-order valence-corrected chi connectivity index (χ3v) is 0.628. The van der Waals surface area contributed by atoms with Gasteiger partial charge in [-0.1, -0.05) is 0 Å². The van der Waals surface area contributed by atoms with E-state index in [0.29, 0.717) is 0 Å². The van der Waals surface area contributed by atoms with Crippen LogP contribution in [0.1, 0.15) is 6.42 Å². The first-order valence-corrected chi connectivity index (χ1v) is 2.16. The van der Waals surface area contributed by atoms with Crippen LogP contribution in [0, 0.1) is 0 Å². The van der Waals surface area contributed by atoms with E-state index in [0.717, 1.165) is 0 Å². The van der Waals surface area contributed by atoms with E-state index in [1.807, 2.05) is 0 Å². The third kappa shape index (κ3) is 5.65. The predicted octanol–water partition coefficient (Wildman–Crippen LogP) is 1.01. The van der Waals surface area contributed by atoms with Crippen LogP contribution >= 0.6 is 12.4 Å². The molecule has 0 bridgehead atoms. The standard InChI is InChI=1S/C4H3F3O3.ClH/c5-4(6,7)2(8)1-3(9)10;/h1H2,(H,9,10);1H. The van der Waals surface area contributed by atoms with Gasteiger partial charge in [-0.2, -0.15) is 13.2 Å². The van der Waals surface area contributed by atoms with E-state index in [-0.39, 0.29) is 12.4 Å². The van der Waals surface area contributed by atoms with Crippen molar-refractivity contribution in [2.24, 2.45) is 0 Å². The second-order valence-corrected chi connectivity index (χ2v) is 1.49. The molecule has 0 aromatic rings. The SMILES string of the molecule is Cl.O=C(O)CC(=O)C(F)(F)F. The number of rotatable bonds is 2. The minimum atomic E-state index is -5.03. The van der Waals surface area contributed by atoms with E-state index in [2.05, 4.69) is 0 Å². The van der Waals surface area contributed by atoms with Gasteiger partial charge in [0.25, 0.3) is 0 Å². The number of alkyl halides is 3. The Hall–Kier alpha value is -0.780. The molecule has 0 amide bonds. The minimum Gasteiger partial charge on any atom is -0.481 e. The van der Waals surface area contributed by atoms with Crippen LogP contribution in [0.3, 0.4) is 0 Å². The van der Waals surface area contributed by atoms with Crippen LogP contribution in [-0.2, 0) is 9.59 Å². The number of hydrogen-bond donors (Lipinski definition) is 1.